The molecule has 0 bridgehead atoms. The molecular weight excluding hydrogens is 780 g/mol. The van der Waals surface area contributed by atoms with Gasteiger partial charge in [-0.3, -0.25) is 0 Å². The smallest absolute Gasteiger partial charge is 0.253 e. The van der Waals surface area contributed by atoms with Crippen molar-refractivity contribution in [2.24, 2.45) is 0 Å². The van der Waals surface area contributed by atoms with Crippen LogP contribution in [0.15, 0.2) is 97.1 Å². The van der Waals surface area contributed by atoms with Crippen LogP contribution in [0.5, 0.6) is 0 Å². The Bertz CT molecular complexity index is 2830. The van der Waals surface area contributed by atoms with Gasteiger partial charge in [0.25, 0.3) is 6.71 Å². The summed E-state index contributed by atoms with van der Waals surface area (Å²) in [5.41, 5.74) is 22.4. The van der Waals surface area contributed by atoms with E-state index in [1.807, 2.05) is 0 Å². The first kappa shape index (κ1) is 42.4. The molecule has 0 saturated heterocycles. The van der Waals surface area contributed by atoms with Crippen molar-refractivity contribution in [3.63, 3.8) is 0 Å². The molecule has 2 aliphatic heterocycles. The fourth-order valence-electron chi connectivity index (χ4n) is 11.7. The van der Waals surface area contributed by atoms with Crippen LogP contribution in [-0.4, -0.2) is 6.71 Å². The highest BCUT2D eigenvalue weighted by molar-refractivity contribution is 7.20. The van der Waals surface area contributed by atoms with E-state index >= 15 is 0 Å². The third-order valence-electron chi connectivity index (χ3n) is 16.0. The molecule has 5 aromatic carbocycles. The Labute approximate surface area is 384 Å². The highest BCUT2D eigenvalue weighted by atomic mass is 32.1. The molecule has 0 N–H and O–H groups in total. The van der Waals surface area contributed by atoms with Crippen molar-refractivity contribution < 1.29 is 0 Å². The van der Waals surface area contributed by atoms with Crippen LogP contribution in [0.3, 0.4) is 0 Å². The molecule has 4 aliphatic rings. The molecule has 0 saturated carbocycles. The summed E-state index contributed by atoms with van der Waals surface area (Å²) in [6.07, 6.45) is 4.77. The van der Waals surface area contributed by atoms with E-state index in [1.54, 1.807) is 10.4 Å². The minimum atomic E-state index is -0.00536. The highest BCUT2D eigenvalue weighted by Crippen LogP contribution is 2.56. The fraction of sp³-hybridized carbons (Fsp3) is 0.424. The van der Waals surface area contributed by atoms with Crippen LogP contribution in [0, 0.1) is 6.92 Å². The molecule has 1 aromatic heterocycles. The van der Waals surface area contributed by atoms with Crippen molar-refractivity contribution in [1.29, 1.82) is 0 Å². The average molecular weight is 849 g/mol. The van der Waals surface area contributed by atoms with E-state index < -0.39 is 0 Å². The molecule has 6 aromatic rings. The maximum Gasteiger partial charge on any atom is 0.253 e. The molecule has 324 valence electrons. The lowest BCUT2D eigenvalue weighted by molar-refractivity contribution is 0.332. The van der Waals surface area contributed by atoms with Crippen molar-refractivity contribution in [2.45, 2.75) is 162 Å². The Morgan fingerprint density at radius 3 is 1.75 bits per heavy atom. The zero-order chi connectivity index (χ0) is 45.0. The molecule has 0 amide bonds. The number of rotatable bonds is 3. The Morgan fingerprint density at radius 2 is 1.10 bits per heavy atom. The van der Waals surface area contributed by atoms with Gasteiger partial charge in [-0.15, -0.1) is 11.3 Å². The van der Waals surface area contributed by atoms with Gasteiger partial charge >= 0.3 is 0 Å². The SMILES string of the molecule is Cc1ccccc1-c1cc2c3c(c1)N(c1ccc4c(c1)C(C)(C)CCC4(C)C)c1sc4c(c1B3c1cc(C(C)(C)C)ccc1N2c1ccc(C(C)(C)C)cc1)C(C)(C)CCC4(C)C. The summed E-state index contributed by atoms with van der Waals surface area (Å²) < 4.78 is 0. The Morgan fingerprint density at radius 1 is 0.524 bits per heavy atom. The number of aryl methyl sites for hydroxylation is 1. The molecule has 10 rings (SSSR count). The summed E-state index contributed by atoms with van der Waals surface area (Å²) in [6, 6.07) is 38.7. The highest BCUT2D eigenvalue weighted by Gasteiger charge is 2.51. The van der Waals surface area contributed by atoms with Gasteiger partial charge in [-0.1, -0.05) is 152 Å². The second-order valence-corrected chi connectivity index (χ2v) is 25.5. The third kappa shape index (κ3) is 6.54. The molecule has 3 heterocycles. The average Bonchev–Trinajstić information content (AvgIpc) is 3.63. The number of nitrogens with zero attached hydrogens (tertiary/aromatic N) is 2. The van der Waals surface area contributed by atoms with Gasteiger partial charge < -0.3 is 9.80 Å². The lowest BCUT2D eigenvalue weighted by Crippen LogP contribution is -2.62. The molecule has 0 radical (unpaired) electrons. The van der Waals surface area contributed by atoms with Crippen LogP contribution in [0.25, 0.3) is 11.1 Å². The zero-order valence-corrected chi connectivity index (χ0v) is 41.8. The van der Waals surface area contributed by atoms with Crippen molar-refractivity contribution in [1.82, 2.24) is 0 Å². The van der Waals surface area contributed by atoms with Crippen LogP contribution in [0.2, 0.25) is 0 Å². The van der Waals surface area contributed by atoms with Crippen LogP contribution in [0.4, 0.5) is 33.4 Å². The molecule has 0 fully saturated rings. The zero-order valence-electron chi connectivity index (χ0n) is 40.9. The number of fused-ring (bicyclic) bond motifs is 7. The molecule has 4 heteroatoms. The fourth-order valence-corrected chi connectivity index (χ4v) is 13.4. The van der Waals surface area contributed by atoms with Crippen LogP contribution < -0.4 is 26.2 Å². The molecule has 2 aliphatic carbocycles. The number of benzene rings is 5. The van der Waals surface area contributed by atoms with E-state index in [2.05, 4.69) is 222 Å². The third-order valence-corrected chi connectivity index (χ3v) is 17.5. The van der Waals surface area contributed by atoms with Crippen molar-refractivity contribution >= 4 is 67.9 Å². The first-order valence-electron chi connectivity index (χ1n) is 23.8. The van der Waals surface area contributed by atoms with E-state index in [-0.39, 0.29) is 39.2 Å². The Kier molecular flexibility index (Phi) is 9.25. The minimum absolute atomic E-state index is 0.00536. The number of hydrogen-bond acceptors (Lipinski definition) is 3. The summed E-state index contributed by atoms with van der Waals surface area (Å²) in [5.74, 6) is 0. The first-order valence-corrected chi connectivity index (χ1v) is 24.6. The molecule has 0 spiro atoms. The quantitative estimate of drug-likeness (QED) is 0.163. The van der Waals surface area contributed by atoms with Crippen molar-refractivity contribution in [2.75, 3.05) is 9.80 Å². The minimum Gasteiger partial charge on any atom is -0.311 e. The molecule has 2 nitrogen and oxygen atoms in total. The summed E-state index contributed by atoms with van der Waals surface area (Å²) in [5, 5.41) is 1.41. The molecule has 0 unspecified atom stereocenters. The van der Waals surface area contributed by atoms with E-state index in [0.29, 0.717) is 0 Å². The second-order valence-electron chi connectivity index (χ2n) is 24.5. The molecule has 63 heavy (non-hydrogen) atoms. The van der Waals surface area contributed by atoms with Gasteiger partial charge in [-0.2, -0.15) is 0 Å². The second kappa shape index (κ2) is 13.7. The van der Waals surface area contributed by atoms with Crippen LogP contribution in [-0.2, 0) is 32.5 Å². The van der Waals surface area contributed by atoms with Gasteiger partial charge in [0.1, 0.15) is 0 Å². The van der Waals surface area contributed by atoms with E-state index in [4.69, 9.17) is 0 Å². The number of hydrogen-bond donors (Lipinski definition) is 0. The maximum absolute atomic E-state index is 2.75. The summed E-state index contributed by atoms with van der Waals surface area (Å²) in [4.78, 5) is 6.95. The lowest BCUT2D eigenvalue weighted by atomic mass is 9.32. The maximum atomic E-state index is 2.75. The normalized spacial score (nSPS) is 18.9. The van der Waals surface area contributed by atoms with Gasteiger partial charge in [-0.05, 0) is 168 Å². The van der Waals surface area contributed by atoms with E-state index in [9.17, 15) is 0 Å². The van der Waals surface area contributed by atoms with Gasteiger partial charge in [0.15, 0.2) is 0 Å². The number of anilines is 6. The predicted octanol–water partition coefficient (Wildman–Crippen LogP) is 15.1. The summed E-state index contributed by atoms with van der Waals surface area (Å²) in [6.45, 7) is 36.4. The Balaban J connectivity index is 1.37. The van der Waals surface area contributed by atoms with Gasteiger partial charge in [0, 0.05) is 33.3 Å². The molecular formula is C59H69BN2S. The standard InChI is InChI=1S/C59H69BN2S/c1-36-18-16-17-19-42(36)37-32-47-50-48(33-37)62(41-25-26-43-44(35-41)57(10,11)29-28-56(43,8)9)53-51(49-52(63-53)59(14,15)31-30-58(49,12)13)60(50)45-34-39(55(5,6)7)22-27-46(45)61(47)40-23-20-38(21-24-40)54(2,3)4/h16-27,32-35H,28-31H2,1-15H3. The van der Waals surface area contributed by atoms with Gasteiger partial charge in [-0.25, -0.2) is 0 Å². The lowest BCUT2D eigenvalue weighted by Gasteiger charge is -2.46. The molecule has 0 atom stereocenters. The van der Waals surface area contributed by atoms with Crippen molar-refractivity contribution in [3.8, 4) is 11.1 Å². The van der Waals surface area contributed by atoms with Crippen LogP contribution >= 0.6 is 11.3 Å². The predicted molar refractivity (Wildman–Crippen MR) is 276 cm³/mol. The topological polar surface area (TPSA) is 6.48 Å². The van der Waals surface area contributed by atoms with E-state index in [0.717, 1.165) is 0 Å². The summed E-state index contributed by atoms with van der Waals surface area (Å²) in [7, 11) is 0. The number of thiophene rings is 1. The van der Waals surface area contributed by atoms with E-state index in [1.165, 1.54) is 114 Å². The largest absolute Gasteiger partial charge is 0.311 e. The van der Waals surface area contributed by atoms with Gasteiger partial charge in [0.2, 0.25) is 0 Å². The van der Waals surface area contributed by atoms with Gasteiger partial charge in [0.05, 0.1) is 5.00 Å². The Hall–Kier alpha value is -4.54. The van der Waals surface area contributed by atoms with Crippen molar-refractivity contribution in [3.05, 3.63) is 135 Å². The monoisotopic (exact) mass is 849 g/mol. The van der Waals surface area contributed by atoms with Crippen LogP contribution in [0.1, 0.15) is 161 Å². The summed E-state index contributed by atoms with van der Waals surface area (Å²) >= 11 is 2.10. The first-order chi connectivity index (χ1) is 29.4.